The van der Waals surface area contributed by atoms with E-state index in [1.165, 1.54) is 18.3 Å². The van der Waals surface area contributed by atoms with Gasteiger partial charge in [-0.1, -0.05) is 42.5 Å². The van der Waals surface area contributed by atoms with E-state index in [2.05, 4.69) is 4.98 Å². The number of ether oxygens (including phenoxy) is 1. The lowest BCUT2D eigenvalue weighted by molar-refractivity contribution is 0.0723. The van der Waals surface area contributed by atoms with Gasteiger partial charge in [0.25, 0.3) is 0 Å². The molecule has 0 fully saturated rings. The van der Waals surface area contributed by atoms with Crippen molar-refractivity contribution >= 4 is 5.97 Å². The average Bonchev–Trinajstić information content (AvgIpc) is 2.56. The van der Waals surface area contributed by atoms with Gasteiger partial charge in [0.2, 0.25) is 0 Å². The quantitative estimate of drug-likeness (QED) is 0.539. The number of nitrogens with zero attached hydrogens (tertiary/aromatic N) is 1. The van der Waals surface area contributed by atoms with Gasteiger partial charge in [-0.25, -0.2) is 14.2 Å². The zero-order valence-electron chi connectivity index (χ0n) is 11.6. The number of carbonyl (C=O) groups is 1. The lowest BCUT2D eigenvalue weighted by atomic mass is 10.1. The third-order valence-electron chi connectivity index (χ3n) is 3.10. The van der Waals surface area contributed by atoms with Gasteiger partial charge in [-0.15, -0.1) is 0 Å². The van der Waals surface area contributed by atoms with E-state index in [1.807, 2.05) is 36.4 Å². The van der Waals surface area contributed by atoms with Gasteiger partial charge in [-0.05, 0) is 35.4 Å². The first-order valence-corrected chi connectivity index (χ1v) is 6.72. The van der Waals surface area contributed by atoms with Crippen molar-refractivity contribution in [2.45, 2.75) is 0 Å². The Balaban J connectivity index is 1.85. The Hall–Kier alpha value is -3.01. The molecule has 0 aliphatic rings. The number of aromatic nitrogens is 1. The molecule has 0 bridgehead atoms. The smallest absolute Gasteiger partial charge is 0.365 e. The Morgan fingerprint density at radius 1 is 0.909 bits per heavy atom. The molecule has 1 heterocycles. The van der Waals surface area contributed by atoms with E-state index in [4.69, 9.17) is 4.74 Å². The van der Waals surface area contributed by atoms with Gasteiger partial charge in [0, 0.05) is 6.20 Å². The maximum atomic E-state index is 13.5. The van der Waals surface area contributed by atoms with Crippen molar-refractivity contribution in [3.05, 3.63) is 84.4 Å². The molecule has 0 unspecified atom stereocenters. The van der Waals surface area contributed by atoms with Crippen LogP contribution >= 0.6 is 0 Å². The highest BCUT2D eigenvalue weighted by Gasteiger charge is 2.15. The maximum Gasteiger partial charge on any atom is 0.365 e. The largest absolute Gasteiger partial charge is 0.422 e. The second-order valence-electron chi connectivity index (χ2n) is 4.62. The van der Waals surface area contributed by atoms with Crippen LogP contribution in [-0.2, 0) is 0 Å². The molecule has 0 saturated carbocycles. The fourth-order valence-electron chi connectivity index (χ4n) is 2.06. The lowest BCUT2D eigenvalue weighted by Crippen LogP contribution is -2.12. The predicted molar refractivity (Wildman–Crippen MR) is 81.0 cm³/mol. The normalized spacial score (nSPS) is 10.2. The van der Waals surface area contributed by atoms with Crippen LogP contribution < -0.4 is 4.74 Å². The number of rotatable bonds is 3. The van der Waals surface area contributed by atoms with Gasteiger partial charge in [-0.3, -0.25) is 0 Å². The third kappa shape index (κ3) is 3.01. The summed E-state index contributed by atoms with van der Waals surface area (Å²) in [7, 11) is 0. The molecule has 108 valence electrons. The molecule has 0 aliphatic heterocycles. The second-order valence-corrected chi connectivity index (χ2v) is 4.62. The molecule has 0 atom stereocenters. The fourth-order valence-corrected chi connectivity index (χ4v) is 2.06. The van der Waals surface area contributed by atoms with Crippen molar-refractivity contribution in [3.63, 3.8) is 0 Å². The van der Waals surface area contributed by atoms with Gasteiger partial charge in [0.1, 0.15) is 5.75 Å². The zero-order chi connectivity index (χ0) is 15.4. The molecule has 4 heteroatoms. The number of esters is 1. The molecule has 0 radical (unpaired) electrons. The Bertz CT molecular complexity index is 803. The minimum absolute atomic E-state index is 0.326. The minimum Gasteiger partial charge on any atom is -0.422 e. The van der Waals surface area contributed by atoms with Crippen LogP contribution in [0.1, 0.15) is 10.5 Å². The van der Waals surface area contributed by atoms with E-state index in [1.54, 1.807) is 18.2 Å². The summed E-state index contributed by atoms with van der Waals surface area (Å²) in [4.78, 5) is 15.7. The van der Waals surface area contributed by atoms with Crippen LogP contribution in [0.25, 0.3) is 11.1 Å². The summed E-state index contributed by atoms with van der Waals surface area (Å²) in [6, 6.07) is 19.4. The van der Waals surface area contributed by atoms with Crippen molar-refractivity contribution in [1.29, 1.82) is 0 Å². The number of benzene rings is 2. The summed E-state index contributed by atoms with van der Waals surface area (Å²) in [6.07, 6.45) is 1.35. The van der Waals surface area contributed by atoms with Gasteiger partial charge in [0.05, 0.1) is 0 Å². The fraction of sp³-hybridized carbons (Fsp3) is 0. The molecule has 3 nitrogen and oxygen atoms in total. The van der Waals surface area contributed by atoms with Crippen LogP contribution in [0.2, 0.25) is 0 Å². The van der Waals surface area contributed by atoms with Crippen LogP contribution in [0.4, 0.5) is 4.39 Å². The van der Waals surface area contributed by atoms with Crippen LogP contribution in [0.3, 0.4) is 0 Å². The highest BCUT2D eigenvalue weighted by atomic mass is 19.1. The van der Waals surface area contributed by atoms with E-state index >= 15 is 0 Å². The molecule has 0 N–H and O–H groups in total. The van der Waals surface area contributed by atoms with Gasteiger partial charge >= 0.3 is 5.97 Å². The number of carbonyl (C=O) groups excluding carboxylic acids is 1. The maximum absolute atomic E-state index is 13.5. The second kappa shape index (κ2) is 6.18. The van der Waals surface area contributed by atoms with Crippen molar-refractivity contribution in [2.75, 3.05) is 0 Å². The van der Waals surface area contributed by atoms with Crippen molar-refractivity contribution in [3.8, 4) is 16.9 Å². The Morgan fingerprint density at radius 2 is 1.68 bits per heavy atom. The van der Waals surface area contributed by atoms with Crippen molar-refractivity contribution < 1.29 is 13.9 Å². The number of halogens is 1. The highest BCUT2D eigenvalue weighted by molar-refractivity contribution is 5.89. The summed E-state index contributed by atoms with van der Waals surface area (Å²) >= 11 is 0. The molecule has 2 aromatic carbocycles. The van der Waals surface area contributed by atoms with E-state index in [9.17, 15) is 9.18 Å². The summed E-state index contributed by atoms with van der Waals surface area (Å²) in [5.74, 6) is -1.17. The van der Waals surface area contributed by atoms with Gasteiger partial charge in [0.15, 0.2) is 11.5 Å². The standard InChI is InChI=1S/C18H12FNO2/c19-16-10-5-11-20-17(16)18(21)22-15-9-4-8-14(12-15)13-6-2-1-3-7-13/h1-12H. The minimum atomic E-state index is -0.816. The first-order chi connectivity index (χ1) is 10.7. The highest BCUT2D eigenvalue weighted by Crippen LogP contribution is 2.24. The molecule has 22 heavy (non-hydrogen) atoms. The third-order valence-corrected chi connectivity index (χ3v) is 3.10. The Labute approximate surface area is 127 Å². The molecular weight excluding hydrogens is 281 g/mol. The number of pyridine rings is 1. The van der Waals surface area contributed by atoms with Gasteiger partial charge < -0.3 is 4.74 Å². The average molecular weight is 293 g/mol. The summed E-state index contributed by atoms with van der Waals surface area (Å²) in [5, 5.41) is 0. The molecule has 3 aromatic rings. The monoisotopic (exact) mass is 293 g/mol. The zero-order valence-corrected chi connectivity index (χ0v) is 11.6. The lowest BCUT2D eigenvalue weighted by Gasteiger charge is -2.07. The van der Waals surface area contributed by atoms with E-state index in [0.717, 1.165) is 11.1 Å². The number of hydrogen-bond donors (Lipinski definition) is 0. The molecule has 3 rings (SSSR count). The molecular formula is C18H12FNO2. The SMILES string of the molecule is O=C(Oc1cccc(-c2ccccc2)c1)c1ncccc1F. The Morgan fingerprint density at radius 3 is 2.45 bits per heavy atom. The van der Waals surface area contributed by atoms with E-state index in [-0.39, 0.29) is 5.69 Å². The first kappa shape index (κ1) is 13.9. The van der Waals surface area contributed by atoms with Crippen LogP contribution in [0.15, 0.2) is 72.9 Å². The van der Waals surface area contributed by atoms with Crippen molar-refractivity contribution in [1.82, 2.24) is 4.98 Å². The van der Waals surface area contributed by atoms with Gasteiger partial charge in [-0.2, -0.15) is 0 Å². The van der Waals surface area contributed by atoms with E-state index < -0.39 is 11.8 Å². The summed E-state index contributed by atoms with van der Waals surface area (Å²) < 4.78 is 18.7. The van der Waals surface area contributed by atoms with Crippen LogP contribution in [0.5, 0.6) is 5.75 Å². The summed E-state index contributed by atoms with van der Waals surface area (Å²) in [5.41, 5.74) is 1.59. The van der Waals surface area contributed by atoms with Crippen LogP contribution in [-0.4, -0.2) is 11.0 Å². The first-order valence-electron chi connectivity index (χ1n) is 6.72. The molecule has 0 amide bonds. The topological polar surface area (TPSA) is 39.2 Å². The Kier molecular flexibility index (Phi) is 3.92. The summed E-state index contributed by atoms with van der Waals surface area (Å²) in [6.45, 7) is 0. The molecule has 0 aliphatic carbocycles. The van der Waals surface area contributed by atoms with Crippen LogP contribution in [0, 0.1) is 5.82 Å². The molecule has 1 aromatic heterocycles. The number of hydrogen-bond acceptors (Lipinski definition) is 3. The van der Waals surface area contributed by atoms with Crippen molar-refractivity contribution in [2.24, 2.45) is 0 Å². The predicted octanol–water partition coefficient (Wildman–Crippen LogP) is 4.11. The van der Waals surface area contributed by atoms with E-state index in [0.29, 0.717) is 5.75 Å². The molecule has 0 spiro atoms. The molecule has 0 saturated heterocycles.